The van der Waals surface area contributed by atoms with E-state index >= 15 is 0 Å². The fourth-order valence-corrected chi connectivity index (χ4v) is 4.96. The topological polar surface area (TPSA) is 27.8 Å². The summed E-state index contributed by atoms with van der Waals surface area (Å²) in [6.07, 6.45) is 0. The normalized spacial score (nSPS) is 16.5. The Bertz CT molecular complexity index is 1650. The lowest BCUT2D eigenvalue weighted by Gasteiger charge is -2.32. The first-order chi connectivity index (χ1) is 17.3. The van der Waals surface area contributed by atoms with E-state index in [-0.39, 0.29) is 11.2 Å². The van der Waals surface area contributed by atoms with Crippen LogP contribution >= 0.6 is 0 Å². The molecule has 1 aliphatic heterocycles. The molecule has 0 amide bonds. The van der Waals surface area contributed by atoms with E-state index in [4.69, 9.17) is 15.9 Å². The van der Waals surface area contributed by atoms with Gasteiger partial charge in [0.1, 0.15) is 0 Å². The fraction of sp³-hybridized carbons (Fsp3) is 0.194. The first kappa shape index (κ1) is 22.6. The van der Waals surface area contributed by atoms with Gasteiger partial charge in [0.05, 0.1) is 28.8 Å². The van der Waals surface area contributed by atoms with Crippen molar-refractivity contribution in [3.63, 3.8) is 0 Å². The highest BCUT2D eigenvalue weighted by molar-refractivity contribution is 6.62. The lowest BCUT2D eigenvalue weighted by atomic mass is 9.78. The summed E-state index contributed by atoms with van der Waals surface area (Å²) in [6, 6.07) is 31.3. The van der Waals surface area contributed by atoms with Crippen LogP contribution < -0.4 is 5.46 Å². The largest absolute Gasteiger partial charge is 0.494 e. The van der Waals surface area contributed by atoms with Gasteiger partial charge in [0.15, 0.2) is 5.69 Å². The zero-order valence-corrected chi connectivity index (χ0v) is 20.9. The quantitative estimate of drug-likeness (QED) is 0.204. The van der Waals surface area contributed by atoms with Crippen LogP contribution in [-0.2, 0) is 9.31 Å². The van der Waals surface area contributed by atoms with Crippen LogP contribution in [0, 0.1) is 6.57 Å². The van der Waals surface area contributed by atoms with Crippen LogP contribution in [0.2, 0.25) is 0 Å². The maximum absolute atomic E-state index is 7.53. The molecule has 1 fully saturated rings. The van der Waals surface area contributed by atoms with Crippen LogP contribution in [0.4, 0.5) is 5.69 Å². The molecular formula is C31H27BN2O2. The average molecular weight is 470 g/mol. The highest BCUT2D eigenvalue weighted by Crippen LogP contribution is 2.38. The van der Waals surface area contributed by atoms with Gasteiger partial charge < -0.3 is 13.9 Å². The van der Waals surface area contributed by atoms with Crippen molar-refractivity contribution in [1.82, 2.24) is 4.57 Å². The summed E-state index contributed by atoms with van der Waals surface area (Å²) in [4.78, 5) is 3.68. The minimum absolute atomic E-state index is 0.382. The van der Waals surface area contributed by atoms with Gasteiger partial charge in [-0.25, -0.2) is 4.85 Å². The van der Waals surface area contributed by atoms with Crippen molar-refractivity contribution in [2.45, 2.75) is 38.9 Å². The van der Waals surface area contributed by atoms with Crippen LogP contribution in [0.1, 0.15) is 27.7 Å². The Hall–Kier alpha value is -3.85. The highest BCUT2D eigenvalue weighted by atomic mass is 16.7. The first-order valence-corrected chi connectivity index (χ1v) is 12.2. The Kier molecular flexibility index (Phi) is 5.08. The summed E-state index contributed by atoms with van der Waals surface area (Å²) < 4.78 is 14.9. The van der Waals surface area contributed by atoms with Crippen molar-refractivity contribution in [1.29, 1.82) is 0 Å². The molecule has 4 aromatic carbocycles. The van der Waals surface area contributed by atoms with E-state index in [9.17, 15) is 0 Å². The van der Waals surface area contributed by atoms with E-state index in [0.29, 0.717) is 5.69 Å². The zero-order valence-electron chi connectivity index (χ0n) is 20.9. The summed E-state index contributed by atoms with van der Waals surface area (Å²) in [5.41, 5.74) is 6.40. The van der Waals surface area contributed by atoms with E-state index in [1.54, 1.807) is 0 Å². The second-order valence-corrected chi connectivity index (χ2v) is 10.4. The SMILES string of the molecule is [C-]#[N+]c1ccc2c(c1)c1cc(-c3cccc(B4OC(C)(C)C(C)(C)O4)c3)ccc1n2-c1ccccc1. The van der Waals surface area contributed by atoms with Crippen molar-refractivity contribution in [3.8, 4) is 16.8 Å². The van der Waals surface area contributed by atoms with Crippen LogP contribution in [0.3, 0.4) is 0 Å². The number of rotatable bonds is 3. The van der Waals surface area contributed by atoms with Crippen molar-refractivity contribution >= 4 is 40.1 Å². The molecule has 36 heavy (non-hydrogen) atoms. The first-order valence-electron chi connectivity index (χ1n) is 12.2. The predicted octanol–water partition coefficient (Wildman–Crippen LogP) is 7.30. The van der Waals surface area contributed by atoms with E-state index in [1.807, 2.05) is 24.3 Å². The molecule has 176 valence electrons. The Morgan fingerprint density at radius 1 is 0.694 bits per heavy atom. The van der Waals surface area contributed by atoms with Gasteiger partial charge in [-0.05, 0) is 86.1 Å². The van der Waals surface area contributed by atoms with E-state index in [1.165, 1.54) is 0 Å². The Labute approximate surface area is 212 Å². The molecule has 0 aliphatic carbocycles. The summed E-state index contributed by atoms with van der Waals surface area (Å²) in [5, 5.41) is 2.20. The molecule has 0 unspecified atom stereocenters. The number of nitrogens with zero attached hydrogens (tertiary/aromatic N) is 2. The van der Waals surface area contributed by atoms with E-state index in [0.717, 1.165) is 44.1 Å². The predicted molar refractivity (Wildman–Crippen MR) is 148 cm³/mol. The van der Waals surface area contributed by atoms with Crippen molar-refractivity contribution in [3.05, 3.63) is 102 Å². The summed E-state index contributed by atoms with van der Waals surface area (Å²) in [7, 11) is -0.403. The lowest BCUT2D eigenvalue weighted by molar-refractivity contribution is 0.00578. The summed E-state index contributed by atoms with van der Waals surface area (Å²) in [5.74, 6) is 0. The van der Waals surface area contributed by atoms with Crippen LogP contribution in [-0.4, -0.2) is 22.9 Å². The third-order valence-electron chi connectivity index (χ3n) is 7.64. The molecule has 1 saturated heterocycles. The Balaban J connectivity index is 1.50. The third-order valence-corrected chi connectivity index (χ3v) is 7.64. The second kappa shape index (κ2) is 8.10. The number of aromatic nitrogens is 1. The molecule has 6 rings (SSSR count). The maximum Gasteiger partial charge on any atom is 0.494 e. The Morgan fingerprint density at radius 3 is 2.03 bits per heavy atom. The van der Waals surface area contributed by atoms with Crippen molar-refractivity contribution in [2.24, 2.45) is 0 Å². The third kappa shape index (κ3) is 3.53. The molecule has 0 spiro atoms. The van der Waals surface area contributed by atoms with Gasteiger partial charge in [0, 0.05) is 11.1 Å². The number of hydrogen-bond donors (Lipinski definition) is 0. The van der Waals surface area contributed by atoms with Gasteiger partial charge in [0.2, 0.25) is 0 Å². The summed E-state index contributed by atoms with van der Waals surface area (Å²) >= 11 is 0. The molecule has 5 aromatic rings. The molecule has 0 radical (unpaired) electrons. The molecule has 1 aliphatic rings. The molecule has 0 bridgehead atoms. The molecule has 0 atom stereocenters. The molecular weight excluding hydrogens is 443 g/mol. The van der Waals surface area contributed by atoms with Gasteiger partial charge in [-0.15, -0.1) is 0 Å². The highest BCUT2D eigenvalue weighted by Gasteiger charge is 2.51. The van der Waals surface area contributed by atoms with Gasteiger partial charge >= 0.3 is 7.12 Å². The minimum atomic E-state index is -0.403. The van der Waals surface area contributed by atoms with Crippen molar-refractivity contribution in [2.75, 3.05) is 0 Å². The number of benzene rings is 4. The smallest absolute Gasteiger partial charge is 0.399 e. The van der Waals surface area contributed by atoms with E-state index < -0.39 is 7.12 Å². The van der Waals surface area contributed by atoms with Gasteiger partial charge in [-0.2, -0.15) is 0 Å². The monoisotopic (exact) mass is 470 g/mol. The van der Waals surface area contributed by atoms with Crippen LogP contribution in [0.15, 0.2) is 91.0 Å². The number of hydrogen-bond acceptors (Lipinski definition) is 2. The Morgan fingerprint density at radius 2 is 1.33 bits per heavy atom. The molecule has 5 heteroatoms. The second-order valence-electron chi connectivity index (χ2n) is 10.4. The summed E-state index contributed by atoms with van der Waals surface area (Å²) in [6.45, 7) is 15.8. The lowest BCUT2D eigenvalue weighted by Crippen LogP contribution is -2.41. The zero-order chi connectivity index (χ0) is 25.1. The molecule has 0 N–H and O–H groups in total. The molecule has 4 nitrogen and oxygen atoms in total. The number of fused-ring (bicyclic) bond motifs is 3. The van der Waals surface area contributed by atoms with Crippen LogP contribution in [0.25, 0.3) is 43.5 Å². The fourth-order valence-electron chi connectivity index (χ4n) is 4.96. The van der Waals surface area contributed by atoms with Crippen LogP contribution in [0.5, 0.6) is 0 Å². The molecule has 0 saturated carbocycles. The molecule has 2 heterocycles. The number of para-hydroxylation sites is 1. The maximum atomic E-state index is 7.53. The van der Waals surface area contributed by atoms with Gasteiger partial charge in [-0.3, -0.25) is 0 Å². The minimum Gasteiger partial charge on any atom is -0.399 e. The standard InChI is InChI=1S/C31H27BN2O2/c1-30(2)31(3,4)36-32(35-30)23-11-9-10-21(18-23)22-14-16-28-26(19-22)27-20-24(33-5)15-17-29(27)34(28)25-12-7-6-8-13-25/h6-20H,1-4H3. The van der Waals surface area contributed by atoms with E-state index in [2.05, 4.69) is 104 Å². The van der Waals surface area contributed by atoms with Gasteiger partial charge in [0.25, 0.3) is 0 Å². The molecule has 1 aromatic heterocycles. The average Bonchev–Trinajstić information content (AvgIpc) is 3.33. The van der Waals surface area contributed by atoms with Crippen molar-refractivity contribution < 1.29 is 9.31 Å². The van der Waals surface area contributed by atoms with Gasteiger partial charge in [-0.1, -0.05) is 54.6 Å².